The molecule has 0 aromatic carbocycles. The molecule has 2 fully saturated rings. The average Bonchev–Trinajstić information content (AvgIpc) is 3.26. The summed E-state index contributed by atoms with van der Waals surface area (Å²) in [5.41, 5.74) is 0. The minimum atomic E-state index is -0.172. The Morgan fingerprint density at radius 1 is 1.36 bits per heavy atom. The van der Waals surface area contributed by atoms with Crippen molar-refractivity contribution in [3.8, 4) is 0 Å². The summed E-state index contributed by atoms with van der Waals surface area (Å²) in [6, 6.07) is 0.354. The fourth-order valence-corrected chi connectivity index (χ4v) is 4.54. The summed E-state index contributed by atoms with van der Waals surface area (Å²) in [6.07, 6.45) is 8.70. The number of piperidine rings is 1. The summed E-state index contributed by atoms with van der Waals surface area (Å²) < 4.78 is 2.13. The zero-order valence-corrected chi connectivity index (χ0v) is 15.9. The van der Waals surface area contributed by atoms with Crippen LogP contribution >= 0.6 is 11.8 Å². The summed E-state index contributed by atoms with van der Waals surface area (Å²) in [5, 5.41) is 16.1. The molecule has 0 spiro atoms. The molecule has 6 nitrogen and oxygen atoms in total. The highest BCUT2D eigenvalue weighted by molar-refractivity contribution is 8.00. The molecule has 1 amide bonds. The van der Waals surface area contributed by atoms with E-state index in [0.717, 1.165) is 49.8 Å². The number of carbonyl (C=O) groups excluding carboxylic acids is 1. The largest absolute Gasteiger partial charge is 0.352 e. The number of amides is 1. The number of carbonyl (C=O) groups is 1. The second-order valence-corrected chi connectivity index (χ2v) is 8.32. The van der Waals surface area contributed by atoms with Crippen molar-refractivity contribution < 1.29 is 4.79 Å². The number of nitrogens with zero attached hydrogens (tertiary/aromatic N) is 3. The predicted molar refractivity (Wildman–Crippen MR) is 101 cm³/mol. The monoisotopic (exact) mass is 363 g/mol. The number of hydrogen-bond acceptors (Lipinski definition) is 5. The van der Waals surface area contributed by atoms with Gasteiger partial charge in [0.2, 0.25) is 5.91 Å². The zero-order chi connectivity index (χ0) is 17.6. The Hall–Kier alpha value is -1.34. The fraction of sp³-hybridized carbons (Fsp3) is 0.722. The molecule has 2 aliphatic rings. The molecule has 2 N–H and O–H groups in total. The van der Waals surface area contributed by atoms with E-state index in [1.807, 2.05) is 13.0 Å². The minimum Gasteiger partial charge on any atom is -0.352 e. The van der Waals surface area contributed by atoms with Crippen LogP contribution in [0.5, 0.6) is 0 Å². The Balaban J connectivity index is 1.66. The molecule has 0 bridgehead atoms. The first-order valence-electron chi connectivity index (χ1n) is 9.40. The third kappa shape index (κ3) is 4.64. The van der Waals surface area contributed by atoms with E-state index < -0.39 is 0 Å². The number of allylic oxidation sites excluding steroid dienone is 1. The van der Waals surface area contributed by atoms with Gasteiger partial charge in [-0.05, 0) is 45.7 Å². The Bertz CT molecular complexity index is 590. The molecule has 1 aliphatic carbocycles. The lowest BCUT2D eigenvalue weighted by Crippen LogP contribution is -2.37. The molecule has 1 saturated carbocycles. The van der Waals surface area contributed by atoms with Gasteiger partial charge >= 0.3 is 0 Å². The number of rotatable bonds is 7. The molecule has 25 heavy (non-hydrogen) atoms. The Kier molecular flexibility index (Phi) is 6.53. The van der Waals surface area contributed by atoms with Crippen molar-refractivity contribution in [3.05, 3.63) is 18.5 Å². The highest BCUT2D eigenvalue weighted by atomic mass is 32.2. The predicted octanol–water partition coefficient (Wildman–Crippen LogP) is 2.47. The lowest BCUT2D eigenvalue weighted by Gasteiger charge is -2.22. The van der Waals surface area contributed by atoms with Crippen LogP contribution in [0.1, 0.15) is 57.2 Å². The van der Waals surface area contributed by atoms with Crippen LogP contribution in [-0.4, -0.2) is 45.1 Å². The maximum atomic E-state index is 12.5. The van der Waals surface area contributed by atoms with E-state index in [0.29, 0.717) is 18.5 Å². The second-order valence-electron chi connectivity index (χ2n) is 7.01. The van der Waals surface area contributed by atoms with E-state index in [4.69, 9.17) is 0 Å². The van der Waals surface area contributed by atoms with E-state index in [2.05, 4.69) is 32.0 Å². The molecular weight excluding hydrogens is 334 g/mol. The van der Waals surface area contributed by atoms with Gasteiger partial charge in [0.15, 0.2) is 5.16 Å². The van der Waals surface area contributed by atoms with Gasteiger partial charge < -0.3 is 15.2 Å². The molecule has 1 aromatic heterocycles. The summed E-state index contributed by atoms with van der Waals surface area (Å²) in [7, 11) is 0. The van der Waals surface area contributed by atoms with Crippen molar-refractivity contribution in [1.82, 2.24) is 25.4 Å². The van der Waals surface area contributed by atoms with Gasteiger partial charge in [-0.15, -0.1) is 16.8 Å². The topological polar surface area (TPSA) is 71.8 Å². The van der Waals surface area contributed by atoms with Gasteiger partial charge in [0.1, 0.15) is 5.82 Å². The zero-order valence-electron chi connectivity index (χ0n) is 15.0. The fourth-order valence-electron chi connectivity index (χ4n) is 3.67. The minimum absolute atomic E-state index is 0.105. The number of aromatic nitrogens is 3. The van der Waals surface area contributed by atoms with Gasteiger partial charge in [0.05, 0.1) is 5.25 Å². The van der Waals surface area contributed by atoms with Crippen LogP contribution in [0.15, 0.2) is 17.8 Å². The lowest BCUT2D eigenvalue weighted by atomic mass is 9.97. The summed E-state index contributed by atoms with van der Waals surface area (Å²) in [6.45, 7) is 8.55. The van der Waals surface area contributed by atoms with Crippen LogP contribution < -0.4 is 10.6 Å². The summed E-state index contributed by atoms with van der Waals surface area (Å²) in [4.78, 5) is 12.5. The van der Waals surface area contributed by atoms with Crippen molar-refractivity contribution in [1.29, 1.82) is 0 Å². The molecular formula is C18H29N5OS. The number of nitrogens with one attached hydrogen (secondary N) is 2. The van der Waals surface area contributed by atoms with E-state index >= 15 is 0 Å². The van der Waals surface area contributed by atoms with E-state index in [9.17, 15) is 4.79 Å². The standard InChI is InChI=1S/C18H29N5OS/c1-3-12-23-16(14-8-10-19-11-9-14)21-22-18(23)25-13(2)17(24)20-15-6-4-5-7-15/h3,13-15,19H,1,4-12H2,2H3,(H,20,24)/t13-/m0/s1. The first-order valence-corrected chi connectivity index (χ1v) is 10.3. The molecule has 3 rings (SSSR count). The van der Waals surface area contributed by atoms with Crippen molar-refractivity contribution in [2.24, 2.45) is 0 Å². The Labute approximate surface area is 154 Å². The van der Waals surface area contributed by atoms with Crippen LogP contribution in [0.25, 0.3) is 0 Å². The lowest BCUT2D eigenvalue weighted by molar-refractivity contribution is -0.120. The van der Waals surface area contributed by atoms with E-state index in [1.54, 1.807) is 0 Å². The third-order valence-corrected chi connectivity index (χ3v) is 6.19. The maximum Gasteiger partial charge on any atom is 0.233 e. The molecule has 1 atom stereocenters. The van der Waals surface area contributed by atoms with E-state index in [1.165, 1.54) is 24.6 Å². The van der Waals surface area contributed by atoms with Crippen LogP contribution in [-0.2, 0) is 11.3 Å². The summed E-state index contributed by atoms with van der Waals surface area (Å²) >= 11 is 1.50. The van der Waals surface area contributed by atoms with Gasteiger partial charge in [-0.3, -0.25) is 4.79 Å². The molecule has 1 aliphatic heterocycles. The first-order chi connectivity index (χ1) is 12.2. The summed E-state index contributed by atoms with van der Waals surface area (Å²) in [5.74, 6) is 1.58. The molecule has 138 valence electrons. The van der Waals surface area contributed by atoms with Crippen LogP contribution in [0.3, 0.4) is 0 Å². The maximum absolute atomic E-state index is 12.5. The molecule has 0 unspecified atom stereocenters. The van der Waals surface area contributed by atoms with Gasteiger partial charge in [-0.2, -0.15) is 0 Å². The number of thioether (sulfide) groups is 1. The van der Waals surface area contributed by atoms with Crippen molar-refractivity contribution in [3.63, 3.8) is 0 Å². The Morgan fingerprint density at radius 3 is 2.76 bits per heavy atom. The van der Waals surface area contributed by atoms with Crippen molar-refractivity contribution >= 4 is 17.7 Å². The van der Waals surface area contributed by atoms with Crippen molar-refractivity contribution in [2.75, 3.05) is 13.1 Å². The first kappa shape index (κ1) is 18.5. The molecule has 0 radical (unpaired) electrons. The average molecular weight is 364 g/mol. The molecule has 2 heterocycles. The highest BCUT2D eigenvalue weighted by Gasteiger charge is 2.26. The van der Waals surface area contributed by atoms with Gasteiger partial charge in [0, 0.05) is 18.5 Å². The van der Waals surface area contributed by atoms with Crippen LogP contribution in [0.4, 0.5) is 0 Å². The molecule has 1 saturated heterocycles. The van der Waals surface area contributed by atoms with Gasteiger partial charge in [0.25, 0.3) is 0 Å². The second kappa shape index (κ2) is 8.85. The van der Waals surface area contributed by atoms with Gasteiger partial charge in [-0.1, -0.05) is 30.7 Å². The van der Waals surface area contributed by atoms with Crippen molar-refractivity contribution in [2.45, 2.75) is 74.4 Å². The Morgan fingerprint density at radius 2 is 2.08 bits per heavy atom. The van der Waals surface area contributed by atoms with Crippen LogP contribution in [0, 0.1) is 0 Å². The smallest absolute Gasteiger partial charge is 0.233 e. The SMILES string of the molecule is C=CCn1c(S[C@@H](C)C(=O)NC2CCCC2)nnc1C1CCNCC1. The quantitative estimate of drug-likeness (QED) is 0.575. The third-order valence-electron chi connectivity index (χ3n) is 5.11. The molecule has 7 heteroatoms. The van der Waals surface area contributed by atoms with Crippen LogP contribution in [0.2, 0.25) is 0 Å². The van der Waals surface area contributed by atoms with E-state index in [-0.39, 0.29) is 11.2 Å². The normalized spacial score (nSPS) is 20.5. The highest BCUT2D eigenvalue weighted by Crippen LogP contribution is 2.29. The van der Waals surface area contributed by atoms with Gasteiger partial charge in [-0.25, -0.2) is 0 Å². The molecule has 1 aromatic rings. The number of hydrogen-bond donors (Lipinski definition) is 2.